The summed E-state index contributed by atoms with van der Waals surface area (Å²) in [5.41, 5.74) is 0.849. The van der Waals surface area contributed by atoms with Crippen LogP contribution in [0.15, 0.2) is 54.6 Å². The lowest BCUT2D eigenvalue weighted by Gasteiger charge is -2.14. The van der Waals surface area contributed by atoms with Crippen molar-refractivity contribution >= 4 is 12.0 Å². The van der Waals surface area contributed by atoms with Crippen LogP contribution >= 0.6 is 0 Å². The topological polar surface area (TPSA) is 56.8 Å². The molecule has 0 fully saturated rings. The molecule has 0 heterocycles. The second kappa shape index (κ2) is 9.37. The highest BCUT2D eigenvalue weighted by molar-refractivity contribution is 5.92. The molecule has 5 nitrogen and oxygen atoms in total. The molecule has 2 aromatic rings. The summed E-state index contributed by atoms with van der Waals surface area (Å²) >= 11 is 0. The second-order valence-electron chi connectivity index (χ2n) is 5.47. The van der Waals surface area contributed by atoms with Crippen molar-refractivity contribution in [1.29, 1.82) is 0 Å². The van der Waals surface area contributed by atoms with Crippen molar-refractivity contribution in [1.82, 2.24) is 5.32 Å². The number of carbonyl (C=O) groups excluding carboxylic acids is 1. The summed E-state index contributed by atoms with van der Waals surface area (Å²) in [5, 5.41) is 2.86. The third-order valence-corrected chi connectivity index (χ3v) is 3.50. The Morgan fingerprint density at radius 3 is 2.40 bits per heavy atom. The van der Waals surface area contributed by atoms with Crippen LogP contribution in [-0.4, -0.2) is 32.8 Å². The van der Waals surface area contributed by atoms with Crippen molar-refractivity contribution in [3.8, 4) is 17.2 Å². The fraction of sp³-hybridized carbons (Fsp3) is 0.250. The average Bonchev–Trinajstić information content (AvgIpc) is 2.65. The Labute approximate surface area is 148 Å². The Balaban J connectivity index is 1.82. The molecule has 0 spiro atoms. The zero-order valence-electron chi connectivity index (χ0n) is 14.7. The summed E-state index contributed by atoms with van der Waals surface area (Å²) in [4.78, 5) is 12.0. The Bertz CT molecular complexity index is 710. The Hall–Kier alpha value is -2.95. The highest BCUT2D eigenvalue weighted by Gasteiger charge is 2.06. The van der Waals surface area contributed by atoms with Gasteiger partial charge in [0, 0.05) is 11.6 Å². The standard InChI is InChI=1S/C20H23NO4/c1-15(14-25-18-11-9-17(23-2)10-12-18)21-20(22)13-8-16-6-4-5-7-19(16)24-3/h4-13,15H,14H2,1-3H3,(H,21,22)/b13-8+/t15-/m1/s1. The van der Waals surface area contributed by atoms with Gasteiger partial charge in [-0.3, -0.25) is 4.79 Å². The van der Waals surface area contributed by atoms with Gasteiger partial charge in [-0.2, -0.15) is 0 Å². The molecule has 1 N–H and O–H groups in total. The summed E-state index contributed by atoms with van der Waals surface area (Å²) in [7, 11) is 3.22. The van der Waals surface area contributed by atoms with Gasteiger partial charge in [-0.15, -0.1) is 0 Å². The van der Waals surface area contributed by atoms with Crippen LogP contribution in [0.1, 0.15) is 12.5 Å². The number of rotatable bonds is 8. The van der Waals surface area contributed by atoms with Crippen molar-refractivity contribution in [2.45, 2.75) is 13.0 Å². The zero-order chi connectivity index (χ0) is 18.1. The van der Waals surface area contributed by atoms with Crippen molar-refractivity contribution < 1.29 is 19.0 Å². The van der Waals surface area contributed by atoms with Gasteiger partial charge in [0.25, 0.3) is 0 Å². The first kappa shape index (κ1) is 18.4. The third kappa shape index (κ3) is 5.88. The molecule has 0 aliphatic carbocycles. The van der Waals surface area contributed by atoms with Crippen LogP contribution < -0.4 is 19.5 Å². The van der Waals surface area contributed by atoms with E-state index in [-0.39, 0.29) is 11.9 Å². The number of hydrogen-bond acceptors (Lipinski definition) is 4. The van der Waals surface area contributed by atoms with E-state index in [1.807, 2.05) is 55.5 Å². The number of amides is 1. The van der Waals surface area contributed by atoms with Gasteiger partial charge in [0.15, 0.2) is 0 Å². The lowest BCUT2D eigenvalue weighted by molar-refractivity contribution is -0.117. The van der Waals surface area contributed by atoms with Gasteiger partial charge in [-0.05, 0) is 43.3 Å². The predicted molar refractivity (Wildman–Crippen MR) is 98.1 cm³/mol. The summed E-state index contributed by atoms with van der Waals surface area (Å²) in [6, 6.07) is 14.7. The maximum absolute atomic E-state index is 12.0. The van der Waals surface area contributed by atoms with E-state index in [0.29, 0.717) is 6.61 Å². The summed E-state index contributed by atoms with van der Waals surface area (Å²) in [6.45, 7) is 2.26. The van der Waals surface area contributed by atoms with Gasteiger partial charge in [0.2, 0.25) is 5.91 Å². The van der Waals surface area contributed by atoms with Crippen molar-refractivity contribution in [2.24, 2.45) is 0 Å². The quantitative estimate of drug-likeness (QED) is 0.749. The molecule has 2 rings (SSSR count). The molecular weight excluding hydrogens is 318 g/mol. The largest absolute Gasteiger partial charge is 0.497 e. The molecule has 0 bridgehead atoms. The predicted octanol–water partition coefficient (Wildman–Crippen LogP) is 3.30. The van der Waals surface area contributed by atoms with Gasteiger partial charge < -0.3 is 19.5 Å². The highest BCUT2D eigenvalue weighted by Crippen LogP contribution is 2.19. The molecule has 2 aromatic carbocycles. The van der Waals surface area contributed by atoms with Crippen LogP contribution in [-0.2, 0) is 4.79 Å². The number of benzene rings is 2. The normalized spacial score (nSPS) is 11.8. The first-order valence-electron chi connectivity index (χ1n) is 8.01. The lowest BCUT2D eigenvalue weighted by atomic mass is 10.2. The van der Waals surface area contributed by atoms with Crippen molar-refractivity contribution in [2.75, 3.05) is 20.8 Å². The van der Waals surface area contributed by atoms with Crippen LogP contribution in [0.4, 0.5) is 0 Å². The van der Waals surface area contributed by atoms with E-state index in [0.717, 1.165) is 22.8 Å². The minimum absolute atomic E-state index is 0.128. The van der Waals surface area contributed by atoms with Gasteiger partial charge in [0.1, 0.15) is 23.9 Å². The van der Waals surface area contributed by atoms with E-state index in [1.54, 1.807) is 20.3 Å². The van der Waals surface area contributed by atoms with Crippen LogP contribution in [0.25, 0.3) is 6.08 Å². The van der Waals surface area contributed by atoms with E-state index in [9.17, 15) is 4.79 Å². The van der Waals surface area contributed by atoms with Crippen LogP contribution in [0, 0.1) is 0 Å². The second-order valence-corrected chi connectivity index (χ2v) is 5.47. The molecule has 0 saturated heterocycles. The van der Waals surface area contributed by atoms with Crippen LogP contribution in [0.3, 0.4) is 0 Å². The Morgan fingerprint density at radius 2 is 1.72 bits per heavy atom. The molecule has 0 unspecified atom stereocenters. The van der Waals surface area contributed by atoms with E-state index in [2.05, 4.69) is 5.32 Å². The maximum atomic E-state index is 12.0. The SMILES string of the molecule is COc1ccc(OC[C@@H](C)NC(=O)/C=C/c2ccccc2OC)cc1. The molecule has 0 radical (unpaired) electrons. The molecule has 0 saturated carbocycles. The number of hydrogen-bond donors (Lipinski definition) is 1. The molecule has 1 amide bonds. The van der Waals surface area contributed by atoms with Gasteiger partial charge in [-0.25, -0.2) is 0 Å². The summed E-state index contributed by atoms with van der Waals surface area (Å²) < 4.78 is 16.0. The first-order valence-corrected chi connectivity index (χ1v) is 8.01. The number of methoxy groups -OCH3 is 2. The fourth-order valence-corrected chi connectivity index (χ4v) is 2.20. The minimum Gasteiger partial charge on any atom is -0.497 e. The van der Waals surface area contributed by atoms with E-state index in [4.69, 9.17) is 14.2 Å². The number of carbonyl (C=O) groups is 1. The van der Waals surface area contributed by atoms with Gasteiger partial charge in [-0.1, -0.05) is 18.2 Å². The van der Waals surface area contributed by atoms with Gasteiger partial charge in [0.05, 0.1) is 20.3 Å². The van der Waals surface area contributed by atoms with Crippen LogP contribution in [0.2, 0.25) is 0 Å². The molecule has 132 valence electrons. The van der Waals surface area contributed by atoms with Gasteiger partial charge >= 0.3 is 0 Å². The fourth-order valence-electron chi connectivity index (χ4n) is 2.20. The Morgan fingerprint density at radius 1 is 1.04 bits per heavy atom. The van der Waals surface area contributed by atoms with E-state index >= 15 is 0 Å². The number of para-hydroxylation sites is 1. The smallest absolute Gasteiger partial charge is 0.244 e. The number of ether oxygens (including phenoxy) is 3. The molecule has 5 heteroatoms. The zero-order valence-corrected chi connectivity index (χ0v) is 14.7. The molecular formula is C20H23NO4. The van der Waals surface area contributed by atoms with E-state index < -0.39 is 0 Å². The van der Waals surface area contributed by atoms with E-state index in [1.165, 1.54) is 6.08 Å². The average molecular weight is 341 g/mol. The summed E-state index contributed by atoms with van der Waals surface area (Å²) in [6.07, 6.45) is 3.22. The molecule has 25 heavy (non-hydrogen) atoms. The molecule has 0 aliphatic heterocycles. The maximum Gasteiger partial charge on any atom is 0.244 e. The molecule has 0 aromatic heterocycles. The minimum atomic E-state index is -0.184. The Kier molecular flexibility index (Phi) is 6.89. The molecule has 0 aliphatic rings. The lowest BCUT2D eigenvalue weighted by Crippen LogP contribution is -2.35. The van der Waals surface area contributed by atoms with Crippen molar-refractivity contribution in [3.63, 3.8) is 0 Å². The first-order chi connectivity index (χ1) is 12.1. The van der Waals surface area contributed by atoms with Crippen LogP contribution in [0.5, 0.6) is 17.2 Å². The van der Waals surface area contributed by atoms with Crippen molar-refractivity contribution in [3.05, 3.63) is 60.2 Å². The molecule has 1 atom stereocenters. The highest BCUT2D eigenvalue weighted by atomic mass is 16.5. The monoisotopic (exact) mass is 341 g/mol. The summed E-state index contributed by atoms with van der Waals surface area (Å²) in [5.74, 6) is 2.04. The number of nitrogens with one attached hydrogen (secondary N) is 1. The third-order valence-electron chi connectivity index (χ3n) is 3.50.